The lowest BCUT2D eigenvalue weighted by atomic mass is 9.82. The van der Waals surface area contributed by atoms with E-state index >= 15 is 0 Å². The average Bonchev–Trinajstić information content (AvgIpc) is 2.81. The average molecular weight is 280 g/mol. The molecule has 0 radical (unpaired) electrons. The van der Waals surface area contributed by atoms with Crippen LogP contribution in [0.5, 0.6) is 0 Å². The summed E-state index contributed by atoms with van der Waals surface area (Å²) in [5.41, 5.74) is 0.929. The minimum Gasteiger partial charge on any atom is -0.481 e. The molecule has 1 aliphatic rings. The van der Waals surface area contributed by atoms with E-state index < -0.39 is 17.8 Å². The highest BCUT2D eigenvalue weighted by atomic mass is 32.1. The van der Waals surface area contributed by atoms with Gasteiger partial charge in [-0.2, -0.15) is 0 Å². The van der Waals surface area contributed by atoms with Gasteiger partial charge in [0.15, 0.2) is 0 Å². The zero-order valence-corrected chi connectivity index (χ0v) is 11.4. The third-order valence-corrected chi connectivity index (χ3v) is 4.13. The number of carbonyl (C=O) groups excluding carboxylic acids is 1. The molecular weight excluding hydrogens is 264 g/mol. The maximum atomic E-state index is 12.1. The molecule has 0 saturated heterocycles. The second kappa shape index (κ2) is 5.97. The highest BCUT2D eigenvalue weighted by Crippen LogP contribution is 2.26. The Balaban J connectivity index is 1.95. The van der Waals surface area contributed by atoms with Crippen molar-refractivity contribution in [2.24, 2.45) is 11.8 Å². The lowest BCUT2D eigenvalue weighted by Crippen LogP contribution is -2.38. The molecule has 0 aliphatic heterocycles. The van der Waals surface area contributed by atoms with Crippen molar-refractivity contribution < 1.29 is 14.7 Å². The van der Waals surface area contributed by atoms with Gasteiger partial charge in [0.05, 0.1) is 18.4 Å². The minimum absolute atomic E-state index is 0.204. The predicted molar refractivity (Wildman–Crippen MR) is 71.7 cm³/mol. The van der Waals surface area contributed by atoms with Gasteiger partial charge in [0.25, 0.3) is 0 Å². The Morgan fingerprint density at radius 3 is 2.68 bits per heavy atom. The van der Waals surface area contributed by atoms with Crippen molar-refractivity contribution in [1.29, 1.82) is 0 Å². The van der Waals surface area contributed by atoms with Crippen LogP contribution >= 0.6 is 11.3 Å². The van der Waals surface area contributed by atoms with Crippen LogP contribution in [0.2, 0.25) is 0 Å². The Kier molecular flexibility index (Phi) is 4.31. The summed E-state index contributed by atoms with van der Waals surface area (Å²) in [6.07, 6.45) is 4.60. The Morgan fingerprint density at radius 1 is 1.42 bits per heavy atom. The fraction of sp³-hybridized carbons (Fsp3) is 0.462. The number of nitrogens with one attached hydrogen (secondary N) is 1. The first-order valence-corrected chi connectivity index (χ1v) is 7.02. The number of hydrogen-bond donors (Lipinski definition) is 2. The van der Waals surface area contributed by atoms with Gasteiger partial charge >= 0.3 is 5.97 Å². The first kappa shape index (κ1) is 13.7. The van der Waals surface area contributed by atoms with Crippen molar-refractivity contribution in [3.63, 3.8) is 0 Å². The Labute approximate surface area is 115 Å². The van der Waals surface area contributed by atoms with Crippen LogP contribution in [-0.2, 0) is 16.1 Å². The van der Waals surface area contributed by atoms with Gasteiger partial charge in [0.1, 0.15) is 5.01 Å². The molecule has 0 saturated carbocycles. The van der Waals surface area contributed by atoms with Gasteiger partial charge in [0, 0.05) is 11.1 Å². The third-order valence-electron chi connectivity index (χ3n) is 3.17. The summed E-state index contributed by atoms with van der Waals surface area (Å²) in [6, 6.07) is 0. The van der Waals surface area contributed by atoms with E-state index in [9.17, 15) is 9.59 Å². The normalized spacial score (nSPS) is 22.2. The van der Waals surface area contributed by atoms with Gasteiger partial charge in [-0.25, -0.2) is 4.98 Å². The number of aliphatic carboxylic acids is 1. The number of rotatable bonds is 4. The lowest BCUT2D eigenvalue weighted by molar-refractivity contribution is -0.147. The van der Waals surface area contributed by atoms with Gasteiger partial charge in [-0.3, -0.25) is 9.59 Å². The third kappa shape index (κ3) is 3.41. The summed E-state index contributed by atoms with van der Waals surface area (Å²) >= 11 is 1.49. The summed E-state index contributed by atoms with van der Waals surface area (Å²) in [6.45, 7) is 2.26. The lowest BCUT2D eigenvalue weighted by Gasteiger charge is -2.23. The van der Waals surface area contributed by atoms with E-state index in [1.165, 1.54) is 11.3 Å². The van der Waals surface area contributed by atoms with E-state index in [1.807, 2.05) is 24.5 Å². The molecule has 0 aromatic carbocycles. The Morgan fingerprint density at radius 2 is 2.11 bits per heavy atom. The molecule has 5 nitrogen and oxygen atoms in total. The van der Waals surface area contributed by atoms with Crippen LogP contribution < -0.4 is 5.32 Å². The maximum absolute atomic E-state index is 12.1. The van der Waals surface area contributed by atoms with Gasteiger partial charge in [-0.05, 0) is 19.8 Å². The molecule has 0 fully saturated rings. The molecule has 19 heavy (non-hydrogen) atoms. The minimum atomic E-state index is -0.908. The highest BCUT2D eigenvalue weighted by Gasteiger charge is 2.33. The summed E-state index contributed by atoms with van der Waals surface area (Å²) in [5, 5.41) is 14.7. The van der Waals surface area contributed by atoms with Crippen molar-refractivity contribution in [1.82, 2.24) is 10.3 Å². The molecule has 2 unspecified atom stereocenters. The van der Waals surface area contributed by atoms with Crippen LogP contribution in [-0.4, -0.2) is 22.0 Å². The molecule has 2 rings (SSSR count). The number of carboxylic acid groups (broad SMARTS) is 1. The number of carbonyl (C=O) groups is 2. The molecular formula is C13H16N2O3S. The van der Waals surface area contributed by atoms with E-state index in [1.54, 1.807) is 0 Å². The molecule has 0 bridgehead atoms. The highest BCUT2D eigenvalue weighted by molar-refractivity contribution is 7.09. The van der Waals surface area contributed by atoms with Crippen LogP contribution in [0.15, 0.2) is 17.5 Å². The molecule has 6 heteroatoms. The molecule has 102 valence electrons. The van der Waals surface area contributed by atoms with E-state index in [-0.39, 0.29) is 5.91 Å². The number of carboxylic acids is 1. The van der Waals surface area contributed by atoms with Gasteiger partial charge in [0.2, 0.25) is 5.91 Å². The fourth-order valence-electron chi connectivity index (χ4n) is 2.15. The smallest absolute Gasteiger partial charge is 0.307 e. The van der Waals surface area contributed by atoms with Crippen LogP contribution in [0.25, 0.3) is 0 Å². The molecule has 1 aromatic rings. The molecule has 1 heterocycles. The number of hydrogen-bond acceptors (Lipinski definition) is 4. The standard InChI is InChI=1S/C13H16N2O3S/c1-8-7-19-11(15-8)6-14-12(16)9-4-2-3-5-10(9)13(17)18/h2-3,7,9-10H,4-6H2,1H3,(H,14,16)(H,17,18). The second-order valence-corrected chi connectivity index (χ2v) is 5.54. The molecule has 2 N–H and O–H groups in total. The first-order chi connectivity index (χ1) is 9.08. The summed E-state index contributed by atoms with van der Waals surface area (Å²) in [5.74, 6) is -2.22. The van der Waals surface area contributed by atoms with Crippen LogP contribution in [0.1, 0.15) is 23.5 Å². The van der Waals surface area contributed by atoms with Gasteiger partial charge in [-0.1, -0.05) is 12.2 Å². The monoisotopic (exact) mass is 280 g/mol. The van der Waals surface area contributed by atoms with Crippen molar-refractivity contribution in [3.8, 4) is 0 Å². The van der Waals surface area contributed by atoms with E-state index in [2.05, 4.69) is 10.3 Å². The number of aryl methyl sites for hydroxylation is 1. The topological polar surface area (TPSA) is 79.3 Å². The number of amides is 1. The number of aromatic nitrogens is 1. The van der Waals surface area contributed by atoms with Gasteiger partial charge < -0.3 is 10.4 Å². The molecule has 1 aromatic heterocycles. The molecule has 1 amide bonds. The van der Waals surface area contributed by atoms with Crippen molar-refractivity contribution in [2.75, 3.05) is 0 Å². The van der Waals surface area contributed by atoms with Crippen LogP contribution in [0.4, 0.5) is 0 Å². The Hall–Kier alpha value is -1.69. The summed E-state index contributed by atoms with van der Waals surface area (Å²) in [7, 11) is 0. The number of thiazole rings is 1. The van der Waals surface area contributed by atoms with E-state index in [0.29, 0.717) is 19.4 Å². The van der Waals surface area contributed by atoms with Crippen molar-refractivity contribution in [3.05, 3.63) is 28.2 Å². The Bertz CT molecular complexity index is 510. The van der Waals surface area contributed by atoms with Gasteiger partial charge in [-0.15, -0.1) is 11.3 Å². The van der Waals surface area contributed by atoms with E-state index in [0.717, 1.165) is 10.7 Å². The number of nitrogens with zero attached hydrogens (tertiary/aromatic N) is 1. The van der Waals surface area contributed by atoms with Crippen molar-refractivity contribution in [2.45, 2.75) is 26.3 Å². The fourth-order valence-corrected chi connectivity index (χ4v) is 2.87. The maximum Gasteiger partial charge on any atom is 0.307 e. The zero-order valence-electron chi connectivity index (χ0n) is 10.6. The number of allylic oxidation sites excluding steroid dienone is 2. The van der Waals surface area contributed by atoms with Crippen LogP contribution in [0.3, 0.4) is 0 Å². The molecule has 0 spiro atoms. The quantitative estimate of drug-likeness (QED) is 0.823. The molecule has 1 aliphatic carbocycles. The SMILES string of the molecule is Cc1csc(CNC(=O)C2CC=CCC2C(=O)O)n1. The largest absolute Gasteiger partial charge is 0.481 e. The van der Waals surface area contributed by atoms with E-state index in [4.69, 9.17) is 5.11 Å². The van der Waals surface area contributed by atoms with Crippen molar-refractivity contribution >= 4 is 23.2 Å². The second-order valence-electron chi connectivity index (χ2n) is 4.59. The summed E-state index contributed by atoms with van der Waals surface area (Å²) < 4.78 is 0. The van der Waals surface area contributed by atoms with Crippen LogP contribution in [0, 0.1) is 18.8 Å². The zero-order chi connectivity index (χ0) is 13.8. The predicted octanol–water partition coefficient (Wildman–Crippen LogP) is 1.73. The first-order valence-electron chi connectivity index (χ1n) is 6.14. The summed E-state index contributed by atoms with van der Waals surface area (Å²) in [4.78, 5) is 27.4. The molecule has 2 atom stereocenters.